The van der Waals surface area contributed by atoms with E-state index in [1.165, 1.54) is 0 Å². The second-order valence-corrected chi connectivity index (χ2v) is 7.46. The van der Waals surface area contributed by atoms with E-state index in [9.17, 15) is 4.79 Å². The fourth-order valence-electron chi connectivity index (χ4n) is 3.12. The van der Waals surface area contributed by atoms with Crippen LogP contribution < -0.4 is 10.5 Å². The molecule has 2 atom stereocenters. The molecule has 2 rings (SSSR count). The highest BCUT2D eigenvalue weighted by Gasteiger charge is 2.35. The zero-order valence-electron chi connectivity index (χ0n) is 16.4. The van der Waals surface area contributed by atoms with Gasteiger partial charge in [0, 0.05) is 31.0 Å². The number of ether oxygens (including phenoxy) is 3. The molecule has 7 nitrogen and oxygen atoms in total. The highest BCUT2D eigenvalue weighted by molar-refractivity contribution is 5.76. The van der Waals surface area contributed by atoms with Crippen molar-refractivity contribution in [3.8, 4) is 5.75 Å². The van der Waals surface area contributed by atoms with E-state index in [2.05, 4.69) is 4.98 Å². The summed E-state index contributed by atoms with van der Waals surface area (Å²) in [5.74, 6) is 1.07. The molecule has 0 aromatic carbocycles. The van der Waals surface area contributed by atoms with E-state index in [1.807, 2.05) is 33.8 Å². The Hall–Kier alpha value is -2.28. The highest BCUT2D eigenvalue weighted by Crippen LogP contribution is 2.35. The predicted molar refractivity (Wildman–Crippen MR) is 101 cm³/mol. The quantitative estimate of drug-likeness (QED) is 0.884. The van der Waals surface area contributed by atoms with Crippen molar-refractivity contribution in [2.45, 2.75) is 51.8 Å². The Kier molecular flexibility index (Phi) is 6.13. The minimum Gasteiger partial charge on any atom is -0.496 e. The van der Waals surface area contributed by atoms with Crippen LogP contribution in [0.15, 0.2) is 18.3 Å². The minimum atomic E-state index is -0.553. The third-order valence-corrected chi connectivity index (χ3v) is 4.14. The second-order valence-electron chi connectivity index (χ2n) is 7.46. The van der Waals surface area contributed by atoms with Gasteiger partial charge in [0.1, 0.15) is 17.2 Å². The van der Waals surface area contributed by atoms with E-state index >= 15 is 0 Å². The summed E-state index contributed by atoms with van der Waals surface area (Å²) in [5, 5.41) is 0. The molecule has 7 heteroatoms. The maximum Gasteiger partial charge on any atom is 0.411 e. The van der Waals surface area contributed by atoms with Gasteiger partial charge >= 0.3 is 6.09 Å². The fraction of sp³-hybridized carbons (Fsp3) is 0.579. The highest BCUT2D eigenvalue weighted by atomic mass is 16.6. The number of hydrogen-bond acceptors (Lipinski definition) is 6. The zero-order valence-corrected chi connectivity index (χ0v) is 16.4. The maximum absolute atomic E-state index is 12.7. The molecular formula is C19H29N3O4. The standard InChI is InChI=1S/C19H29N3O4/c1-12-7-13(15-10-21-17(20)9-16(15)25-6)8-14(11-24-5)22(12)18(23)26-19(2,3)4/h8-10,12,14H,7,11H2,1-6H3,(H2,20,21). The summed E-state index contributed by atoms with van der Waals surface area (Å²) in [6, 6.07) is 1.40. The molecule has 0 aliphatic carbocycles. The number of rotatable bonds is 4. The number of amides is 1. The van der Waals surface area contributed by atoms with Crippen LogP contribution in [-0.2, 0) is 9.47 Å². The molecule has 0 bridgehead atoms. The fourth-order valence-corrected chi connectivity index (χ4v) is 3.12. The van der Waals surface area contributed by atoms with E-state index in [1.54, 1.807) is 31.4 Å². The van der Waals surface area contributed by atoms with Gasteiger partial charge in [-0.1, -0.05) is 6.08 Å². The molecule has 0 radical (unpaired) electrons. The molecule has 2 unspecified atom stereocenters. The molecule has 2 heterocycles. The van der Waals surface area contributed by atoms with Gasteiger partial charge in [-0.05, 0) is 39.7 Å². The van der Waals surface area contributed by atoms with Crippen molar-refractivity contribution in [3.63, 3.8) is 0 Å². The van der Waals surface area contributed by atoms with Gasteiger partial charge in [0.15, 0.2) is 0 Å². The molecule has 2 N–H and O–H groups in total. The molecule has 1 amide bonds. The zero-order chi connectivity index (χ0) is 19.5. The summed E-state index contributed by atoms with van der Waals surface area (Å²) in [6.45, 7) is 7.94. The Bertz CT molecular complexity index is 682. The van der Waals surface area contributed by atoms with E-state index in [0.29, 0.717) is 24.6 Å². The summed E-state index contributed by atoms with van der Waals surface area (Å²) in [4.78, 5) is 18.6. The third kappa shape index (κ3) is 4.66. The average molecular weight is 363 g/mol. The van der Waals surface area contributed by atoms with Crippen molar-refractivity contribution >= 4 is 17.5 Å². The number of methoxy groups -OCH3 is 2. The van der Waals surface area contributed by atoms with Gasteiger partial charge in [-0.3, -0.25) is 4.90 Å². The van der Waals surface area contributed by atoms with Crippen molar-refractivity contribution in [2.75, 3.05) is 26.6 Å². The maximum atomic E-state index is 12.7. The summed E-state index contributed by atoms with van der Waals surface area (Å²) in [5.41, 5.74) is 7.12. The van der Waals surface area contributed by atoms with Crippen LogP contribution in [0.25, 0.3) is 5.57 Å². The lowest BCUT2D eigenvalue weighted by molar-refractivity contribution is 0.00145. The Morgan fingerprint density at radius 2 is 2.08 bits per heavy atom. The van der Waals surface area contributed by atoms with Gasteiger partial charge in [0.2, 0.25) is 0 Å². The van der Waals surface area contributed by atoms with Gasteiger partial charge in [0.05, 0.1) is 19.8 Å². The molecule has 1 aliphatic heterocycles. The van der Waals surface area contributed by atoms with Crippen LogP contribution in [-0.4, -0.2) is 54.5 Å². The van der Waals surface area contributed by atoms with Gasteiger partial charge < -0.3 is 19.9 Å². The topological polar surface area (TPSA) is 86.9 Å². The molecule has 0 saturated heterocycles. The monoisotopic (exact) mass is 363 g/mol. The molecule has 0 fully saturated rings. The first-order valence-electron chi connectivity index (χ1n) is 8.67. The smallest absolute Gasteiger partial charge is 0.411 e. The molecule has 1 aromatic rings. The first-order chi connectivity index (χ1) is 12.2. The summed E-state index contributed by atoms with van der Waals surface area (Å²) in [7, 11) is 3.22. The average Bonchev–Trinajstić information content (AvgIpc) is 2.52. The number of carbonyl (C=O) groups is 1. The van der Waals surface area contributed by atoms with E-state index in [0.717, 1.165) is 11.1 Å². The van der Waals surface area contributed by atoms with Gasteiger partial charge in [-0.2, -0.15) is 0 Å². The van der Waals surface area contributed by atoms with Crippen molar-refractivity contribution < 1.29 is 19.0 Å². The van der Waals surface area contributed by atoms with Crippen molar-refractivity contribution in [2.24, 2.45) is 0 Å². The van der Waals surface area contributed by atoms with Crippen molar-refractivity contribution in [3.05, 3.63) is 23.9 Å². The second kappa shape index (κ2) is 7.95. The van der Waals surface area contributed by atoms with Crippen molar-refractivity contribution in [1.82, 2.24) is 9.88 Å². The Morgan fingerprint density at radius 1 is 1.38 bits per heavy atom. The Morgan fingerprint density at radius 3 is 2.65 bits per heavy atom. The molecule has 26 heavy (non-hydrogen) atoms. The van der Waals surface area contributed by atoms with Gasteiger partial charge in [-0.25, -0.2) is 9.78 Å². The van der Waals surface area contributed by atoms with Crippen LogP contribution in [0, 0.1) is 0 Å². The number of nitrogens with two attached hydrogens (primary N) is 1. The van der Waals surface area contributed by atoms with Crippen LogP contribution in [0.2, 0.25) is 0 Å². The van der Waals surface area contributed by atoms with Gasteiger partial charge in [-0.15, -0.1) is 0 Å². The summed E-state index contributed by atoms with van der Waals surface area (Å²) >= 11 is 0. The van der Waals surface area contributed by atoms with Crippen LogP contribution in [0.3, 0.4) is 0 Å². The van der Waals surface area contributed by atoms with Crippen LogP contribution in [0.5, 0.6) is 5.75 Å². The number of anilines is 1. The number of nitrogens with zero attached hydrogens (tertiary/aromatic N) is 2. The molecule has 144 valence electrons. The van der Waals surface area contributed by atoms with Crippen LogP contribution in [0.1, 0.15) is 39.7 Å². The lowest BCUT2D eigenvalue weighted by Gasteiger charge is -2.40. The van der Waals surface area contributed by atoms with E-state index in [-0.39, 0.29) is 18.2 Å². The lowest BCUT2D eigenvalue weighted by atomic mass is 9.92. The Balaban J connectivity index is 2.38. The summed E-state index contributed by atoms with van der Waals surface area (Å²) in [6.07, 6.45) is 4.04. The normalized spacial score (nSPS) is 20.5. The first-order valence-corrected chi connectivity index (χ1v) is 8.67. The number of carbonyl (C=O) groups excluding carboxylic acids is 1. The van der Waals surface area contributed by atoms with E-state index < -0.39 is 5.60 Å². The molecule has 0 spiro atoms. The van der Waals surface area contributed by atoms with E-state index in [4.69, 9.17) is 19.9 Å². The Labute approximate surface area is 155 Å². The lowest BCUT2D eigenvalue weighted by Crippen LogP contribution is -2.51. The van der Waals surface area contributed by atoms with Crippen molar-refractivity contribution in [1.29, 1.82) is 0 Å². The minimum absolute atomic E-state index is 0.0627. The first kappa shape index (κ1) is 20.0. The van der Waals surface area contributed by atoms with Gasteiger partial charge in [0.25, 0.3) is 0 Å². The number of hydrogen-bond donors (Lipinski definition) is 1. The molecule has 1 aromatic heterocycles. The number of pyridine rings is 1. The number of aromatic nitrogens is 1. The largest absolute Gasteiger partial charge is 0.496 e. The molecular weight excluding hydrogens is 334 g/mol. The summed E-state index contributed by atoms with van der Waals surface area (Å²) < 4.78 is 16.4. The van der Waals surface area contributed by atoms with Crippen LogP contribution in [0.4, 0.5) is 10.6 Å². The molecule has 0 saturated carbocycles. The SMILES string of the molecule is COCC1C=C(c2cnc(N)cc2OC)CC(C)N1C(=O)OC(C)(C)C. The molecule has 1 aliphatic rings. The van der Waals surface area contributed by atoms with Crippen LogP contribution >= 0.6 is 0 Å². The number of nitrogen functional groups attached to an aromatic ring is 1. The predicted octanol–water partition coefficient (Wildman–Crippen LogP) is 3.10. The third-order valence-electron chi connectivity index (χ3n) is 4.14.